The Hall–Kier alpha value is -3.13. The Kier molecular flexibility index (Phi) is 5.31. The number of aliphatic hydroxyl groups excluding tert-OH is 1. The van der Waals surface area contributed by atoms with Gasteiger partial charge in [0, 0.05) is 19.2 Å². The van der Waals surface area contributed by atoms with E-state index in [0.29, 0.717) is 5.69 Å². The standard InChI is InChI=1S/C26H26F2N4O2/c1-14(13-33)9-21(34)20-11-29-12-22(30-20)26-8-7-16(25(26,2)3)15-10-19(31-32-24(15)26)23-17(27)5-4-6-18(23)28/h4-6,10-12,14,16,33H,7-9,13H2,1-3H3/t14-,16-,26-/m0/s1. The number of ketones is 1. The Morgan fingerprint density at radius 2 is 1.94 bits per heavy atom. The number of aromatic nitrogens is 4. The van der Waals surface area contributed by atoms with Gasteiger partial charge in [-0.25, -0.2) is 13.8 Å². The van der Waals surface area contributed by atoms with Gasteiger partial charge < -0.3 is 5.11 Å². The lowest BCUT2D eigenvalue weighted by Crippen LogP contribution is -2.38. The van der Waals surface area contributed by atoms with E-state index < -0.39 is 17.0 Å². The molecule has 1 fully saturated rings. The molecule has 0 saturated heterocycles. The zero-order chi connectivity index (χ0) is 24.3. The van der Waals surface area contributed by atoms with Crippen LogP contribution in [-0.2, 0) is 5.41 Å². The molecule has 0 spiro atoms. The third-order valence-electron chi connectivity index (χ3n) is 7.80. The molecule has 2 aliphatic carbocycles. The average molecular weight is 465 g/mol. The second-order valence-electron chi connectivity index (χ2n) is 10.1. The van der Waals surface area contributed by atoms with Crippen molar-refractivity contribution < 1.29 is 18.7 Å². The molecular formula is C26H26F2N4O2. The highest BCUT2D eigenvalue weighted by Crippen LogP contribution is 2.69. The molecule has 1 saturated carbocycles. The predicted octanol–water partition coefficient (Wildman–Crippen LogP) is 4.62. The van der Waals surface area contributed by atoms with Crippen LogP contribution in [0.25, 0.3) is 11.3 Å². The minimum Gasteiger partial charge on any atom is -0.396 e. The molecule has 2 aromatic heterocycles. The van der Waals surface area contributed by atoms with E-state index in [1.54, 1.807) is 19.2 Å². The van der Waals surface area contributed by atoms with Crippen LogP contribution < -0.4 is 0 Å². The van der Waals surface area contributed by atoms with Crippen molar-refractivity contribution in [3.63, 3.8) is 0 Å². The number of hydrogen-bond donors (Lipinski definition) is 1. The van der Waals surface area contributed by atoms with Gasteiger partial charge in [-0.05, 0) is 53.9 Å². The molecule has 2 heterocycles. The van der Waals surface area contributed by atoms with Crippen molar-refractivity contribution in [3.8, 4) is 11.3 Å². The van der Waals surface area contributed by atoms with Gasteiger partial charge in [0.25, 0.3) is 0 Å². The Morgan fingerprint density at radius 1 is 1.21 bits per heavy atom. The first kappa shape index (κ1) is 22.7. The SMILES string of the molecule is C[C@H](CO)CC(=O)c1cncc([C@@]23CC[C@@H](c4cc(-c5c(F)cccc5F)nnc42)C3(C)C)n1. The first-order valence-electron chi connectivity index (χ1n) is 11.5. The van der Waals surface area contributed by atoms with Gasteiger partial charge in [-0.15, -0.1) is 5.10 Å². The molecular weight excluding hydrogens is 438 g/mol. The summed E-state index contributed by atoms with van der Waals surface area (Å²) in [6.07, 6.45) is 4.93. The van der Waals surface area contributed by atoms with E-state index in [2.05, 4.69) is 29.0 Å². The van der Waals surface area contributed by atoms with Crippen LogP contribution in [0.5, 0.6) is 0 Å². The van der Waals surface area contributed by atoms with E-state index in [9.17, 15) is 18.7 Å². The molecule has 8 heteroatoms. The average Bonchev–Trinajstić information content (AvgIpc) is 3.20. The van der Waals surface area contributed by atoms with Crippen molar-refractivity contribution >= 4 is 5.78 Å². The van der Waals surface area contributed by atoms with Gasteiger partial charge in [0.15, 0.2) is 5.78 Å². The summed E-state index contributed by atoms with van der Waals surface area (Å²) in [6.45, 7) is 6.00. The van der Waals surface area contributed by atoms with E-state index in [-0.39, 0.29) is 53.0 Å². The van der Waals surface area contributed by atoms with Gasteiger partial charge in [-0.2, -0.15) is 5.10 Å². The first-order valence-corrected chi connectivity index (χ1v) is 11.5. The second-order valence-corrected chi connectivity index (χ2v) is 10.1. The van der Waals surface area contributed by atoms with Crippen molar-refractivity contribution in [2.24, 2.45) is 11.3 Å². The van der Waals surface area contributed by atoms with Gasteiger partial charge in [0.05, 0.1) is 34.3 Å². The van der Waals surface area contributed by atoms with Crippen molar-refractivity contribution in [3.05, 3.63) is 70.9 Å². The van der Waals surface area contributed by atoms with E-state index in [0.717, 1.165) is 24.1 Å². The van der Waals surface area contributed by atoms with Crippen LogP contribution >= 0.6 is 0 Å². The minimum atomic E-state index is -0.680. The molecule has 3 atom stereocenters. The Morgan fingerprint density at radius 3 is 2.65 bits per heavy atom. The van der Waals surface area contributed by atoms with Gasteiger partial charge in [-0.3, -0.25) is 9.78 Å². The number of nitrogens with zero attached hydrogens (tertiary/aromatic N) is 4. The molecule has 5 rings (SSSR count). The monoisotopic (exact) mass is 464 g/mol. The first-order chi connectivity index (χ1) is 16.2. The van der Waals surface area contributed by atoms with Crippen LogP contribution in [-0.4, -0.2) is 37.7 Å². The fourth-order valence-corrected chi connectivity index (χ4v) is 5.95. The van der Waals surface area contributed by atoms with Crippen LogP contribution in [0.1, 0.15) is 73.4 Å². The Labute approximate surface area is 196 Å². The summed E-state index contributed by atoms with van der Waals surface area (Å²) in [5, 5.41) is 18.1. The normalized spacial score (nSPS) is 23.1. The molecule has 0 aliphatic heterocycles. The van der Waals surface area contributed by atoms with Crippen LogP contribution in [0.3, 0.4) is 0 Å². The topological polar surface area (TPSA) is 88.9 Å². The third-order valence-corrected chi connectivity index (χ3v) is 7.80. The second kappa shape index (κ2) is 7.98. The number of fused-ring (bicyclic) bond motifs is 5. The number of hydrogen-bond acceptors (Lipinski definition) is 6. The zero-order valence-corrected chi connectivity index (χ0v) is 19.3. The van der Waals surface area contributed by atoms with Crippen molar-refractivity contribution in [1.82, 2.24) is 20.2 Å². The molecule has 2 bridgehead atoms. The van der Waals surface area contributed by atoms with Crippen molar-refractivity contribution in [2.45, 2.75) is 51.4 Å². The molecule has 176 valence electrons. The smallest absolute Gasteiger partial charge is 0.183 e. The summed E-state index contributed by atoms with van der Waals surface area (Å²) in [4.78, 5) is 21.8. The number of Topliss-reactive ketones (excluding diaryl/α,β-unsaturated/α-hetero) is 1. The highest BCUT2D eigenvalue weighted by Gasteiger charge is 2.65. The Bertz CT molecular complexity index is 1280. The lowest BCUT2D eigenvalue weighted by atomic mass is 9.66. The lowest BCUT2D eigenvalue weighted by molar-refractivity contribution is 0.0937. The maximum absolute atomic E-state index is 14.4. The Balaban J connectivity index is 1.62. The molecule has 6 nitrogen and oxygen atoms in total. The molecule has 34 heavy (non-hydrogen) atoms. The van der Waals surface area contributed by atoms with Crippen LogP contribution in [0, 0.1) is 23.0 Å². The number of carbonyl (C=O) groups is 1. The predicted molar refractivity (Wildman–Crippen MR) is 121 cm³/mol. The molecule has 1 aromatic carbocycles. The third kappa shape index (κ3) is 3.11. The fraction of sp³-hybridized carbons (Fsp3) is 0.423. The van der Waals surface area contributed by atoms with Crippen molar-refractivity contribution in [1.29, 1.82) is 0 Å². The molecule has 3 aromatic rings. The van der Waals surface area contributed by atoms with Gasteiger partial charge in [0.1, 0.15) is 17.3 Å². The van der Waals surface area contributed by atoms with E-state index in [1.807, 2.05) is 0 Å². The summed E-state index contributed by atoms with van der Waals surface area (Å²) in [6, 6.07) is 5.49. The number of aliphatic hydroxyl groups is 1. The summed E-state index contributed by atoms with van der Waals surface area (Å²) < 4.78 is 28.9. The number of rotatable bonds is 6. The molecule has 1 N–H and O–H groups in total. The van der Waals surface area contributed by atoms with Crippen LogP contribution in [0.15, 0.2) is 36.7 Å². The summed E-state index contributed by atoms with van der Waals surface area (Å²) >= 11 is 0. The van der Waals surface area contributed by atoms with Gasteiger partial charge in [0.2, 0.25) is 0 Å². The molecule has 0 radical (unpaired) electrons. The number of carbonyl (C=O) groups excluding carboxylic acids is 1. The summed E-state index contributed by atoms with van der Waals surface area (Å²) in [5.41, 5.74) is 1.62. The van der Waals surface area contributed by atoms with Crippen LogP contribution in [0.2, 0.25) is 0 Å². The van der Waals surface area contributed by atoms with E-state index in [4.69, 9.17) is 4.98 Å². The summed E-state index contributed by atoms with van der Waals surface area (Å²) in [5.74, 6) is -1.60. The highest BCUT2D eigenvalue weighted by atomic mass is 19.1. The van der Waals surface area contributed by atoms with Crippen LogP contribution in [0.4, 0.5) is 8.78 Å². The number of benzene rings is 1. The largest absolute Gasteiger partial charge is 0.396 e. The van der Waals surface area contributed by atoms with E-state index >= 15 is 0 Å². The van der Waals surface area contributed by atoms with Crippen molar-refractivity contribution in [2.75, 3.05) is 6.61 Å². The van der Waals surface area contributed by atoms with Gasteiger partial charge in [-0.1, -0.05) is 26.8 Å². The summed E-state index contributed by atoms with van der Waals surface area (Å²) in [7, 11) is 0. The maximum atomic E-state index is 14.4. The lowest BCUT2D eigenvalue weighted by Gasteiger charge is -2.37. The van der Waals surface area contributed by atoms with Gasteiger partial charge >= 0.3 is 0 Å². The number of halogens is 2. The van der Waals surface area contributed by atoms with E-state index in [1.165, 1.54) is 24.4 Å². The minimum absolute atomic E-state index is 0.0780. The molecule has 0 unspecified atom stereocenters. The molecule has 0 amide bonds. The maximum Gasteiger partial charge on any atom is 0.183 e. The molecule has 2 aliphatic rings. The highest BCUT2D eigenvalue weighted by molar-refractivity contribution is 5.94. The quantitative estimate of drug-likeness (QED) is 0.536. The zero-order valence-electron chi connectivity index (χ0n) is 19.3. The fourth-order valence-electron chi connectivity index (χ4n) is 5.95.